The van der Waals surface area contributed by atoms with Crippen LogP contribution in [0.5, 0.6) is 0 Å². The van der Waals surface area contributed by atoms with E-state index < -0.39 is 0 Å². The van der Waals surface area contributed by atoms with Crippen LogP contribution in [0.25, 0.3) is 16.6 Å². The van der Waals surface area contributed by atoms with Crippen LogP contribution in [0.15, 0.2) is 64.6 Å². The van der Waals surface area contributed by atoms with Crippen LogP contribution in [0.2, 0.25) is 0 Å². The molecule has 1 amide bonds. The molecule has 0 fully saturated rings. The third-order valence-electron chi connectivity index (χ3n) is 3.23. The predicted molar refractivity (Wildman–Crippen MR) is 98.0 cm³/mol. The summed E-state index contributed by atoms with van der Waals surface area (Å²) >= 11 is 1.58. The van der Waals surface area contributed by atoms with Gasteiger partial charge in [-0.25, -0.2) is 5.43 Å². The second kappa shape index (κ2) is 7.52. The number of carbonyl (C=O) groups excluding carboxylic acids is 1. The van der Waals surface area contributed by atoms with E-state index in [4.69, 9.17) is 0 Å². The van der Waals surface area contributed by atoms with Gasteiger partial charge in [0.25, 0.3) is 5.91 Å². The molecule has 0 unspecified atom stereocenters. The maximum atomic E-state index is 12.0. The summed E-state index contributed by atoms with van der Waals surface area (Å²) in [7, 11) is 0. The quantitative estimate of drug-likeness (QED) is 0.547. The molecular formula is C18H16N4OS. The summed E-state index contributed by atoms with van der Waals surface area (Å²) in [6.45, 7) is 1.92. The fourth-order valence-corrected chi connectivity index (χ4v) is 2.79. The highest BCUT2D eigenvalue weighted by molar-refractivity contribution is 7.13. The van der Waals surface area contributed by atoms with Crippen LogP contribution in [0.3, 0.4) is 0 Å². The molecular weight excluding hydrogens is 320 g/mol. The van der Waals surface area contributed by atoms with Crippen molar-refractivity contribution in [2.45, 2.75) is 6.92 Å². The molecule has 2 aromatic heterocycles. The number of hydrogen-bond acceptors (Lipinski definition) is 4. The summed E-state index contributed by atoms with van der Waals surface area (Å²) in [5, 5.41) is 12.8. The first-order chi connectivity index (χ1) is 11.7. The Morgan fingerprint density at radius 3 is 2.83 bits per heavy atom. The van der Waals surface area contributed by atoms with Crippen molar-refractivity contribution in [1.29, 1.82) is 0 Å². The van der Waals surface area contributed by atoms with Crippen molar-refractivity contribution in [3.8, 4) is 10.6 Å². The van der Waals surface area contributed by atoms with Gasteiger partial charge in [0, 0.05) is 0 Å². The van der Waals surface area contributed by atoms with Gasteiger partial charge in [0.05, 0.1) is 16.8 Å². The Kier molecular flexibility index (Phi) is 4.98. The zero-order chi connectivity index (χ0) is 16.8. The Morgan fingerprint density at radius 2 is 2.08 bits per heavy atom. The molecule has 3 rings (SSSR count). The van der Waals surface area contributed by atoms with Gasteiger partial charge < -0.3 is 0 Å². The normalized spacial score (nSPS) is 11.8. The van der Waals surface area contributed by atoms with Gasteiger partial charge in [0.1, 0.15) is 0 Å². The molecule has 0 aliphatic heterocycles. The zero-order valence-electron chi connectivity index (χ0n) is 13.1. The van der Waals surface area contributed by atoms with E-state index in [0.29, 0.717) is 5.69 Å². The van der Waals surface area contributed by atoms with Crippen LogP contribution in [0.4, 0.5) is 0 Å². The van der Waals surface area contributed by atoms with E-state index >= 15 is 0 Å². The van der Waals surface area contributed by atoms with E-state index in [-0.39, 0.29) is 5.91 Å². The monoisotopic (exact) mass is 336 g/mol. The molecule has 0 spiro atoms. The maximum absolute atomic E-state index is 12.0. The summed E-state index contributed by atoms with van der Waals surface area (Å²) in [5.74, 6) is -0.349. The topological polar surface area (TPSA) is 70.1 Å². The lowest BCUT2D eigenvalue weighted by Crippen LogP contribution is -2.17. The second-order valence-corrected chi connectivity index (χ2v) is 6.09. The minimum Gasteiger partial charge on any atom is -0.276 e. The lowest BCUT2D eigenvalue weighted by molar-refractivity contribution is 0.0950. The number of benzene rings is 1. The number of nitrogens with zero attached hydrogens (tertiary/aromatic N) is 2. The fourth-order valence-electron chi connectivity index (χ4n) is 2.10. The standard InChI is InChI=1S/C18H16N4OS/c1-13(10-14-6-3-2-4-7-14)12-19-22-18(23)16-11-15(20-21-16)17-8-5-9-24-17/h2-12H,1H3,(H,20,21)(H,22,23)/b13-10?,19-12-. The average Bonchev–Trinajstić information content (AvgIpc) is 3.27. The van der Waals surface area contributed by atoms with Crippen LogP contribution in [0, 0.1) is 0 Å². The molecule has 5 nitrogen and oxygen atoms in total. The molecule has 0 saturated carbocycles. The first-order valence-corrected chi connectivity index (χ1v) is 8.26. The number of hydrazone groups is 1. The average molecular weight is 336 g/mol. The molecule has 1 aromatic carbocycles. The number of allylic oxidation sites excluding steroid dienone is 1. The number of amides is 1. The van der Waals surface area contributed by atoms with Crippen molar-refractivity contribution < 1.29 is 4.79 Å². The second-order valence-electron chi connectivity index (χ2n) is 5.14. The van der Waals surface area contributed by atoms with Gasteiger partial charge in [-0.05, 0) is 35.6 Å². The van der Waals surface area contributed by atoms with E-state index in [1.807, 2.05) is 60.8 Å². The molecule has 24 heavy (non-hydrogen) atoms. The van der Waals surface area contributed by atoms with Crippen molar-refractivity contribution in [1.82, 2.24) is 15.6 Å². The Labute approximate surface area is 143 Å². The SMILES string of the molecule is CC(=Cc1ccccc1)/C=N\NC(=O)c1cc(-c2cccs2)[nH]n1. The number of thiophene rings is 1. The molecule has 0 atom stereocenters. The number of nitrogens with one attached hydrogen (secondary N) is 2. The smallest absolute Gasteiger partial charge is 0.276 e. The Hall–Kier alpha value is -2.99. The summed E-state index contributed by atoms with van der Waals surface area (Å²) in [5.41, 5.74) is 5.63. The molecule has 0 radical (unpaired) electrons. The van der Waals surface area contributed by atoms with Crippen molar-refractivity contribution in [2.24, 2.45) is 5.10 Å². The first kappa shape index (κ1) is 15.9. The van der Waals surface area contributed by atoms with Crippen molar-refractivity contribution in [2.75, 3.05) is 0 Å². The fraction of sp³-hybridized carbons (Fsp3) is 0.0556. The van der Waals surface area contributed by atoms with Crippen LogP contribution in [-0.4, -0.2) is 22.3 Å². The largest absolute Gasteiger partial charge is 0.291 e. The van der Waals surface area contributed by atoms with Crippen molar-refractivity contribution in [3.05, 3.63) is 70.7 Å². The third kappa shape index (κ3) is 4.05. The van der Waals surface area contributed by atoms with Gasteiger partial charge in [0.2, 0.25) is 0 Å². The molecule has 0 aliphatic carbocycles. The van der Waals surface area contributed by atoms with Gasteiger partial charge in [-0.3, -0.25) is 9.89 Å². The Bertz CT molecular complexity index is 864. The van der Waals surface area contributed by atoms with Crippen LogP contribution in [-0.2, 0) is 0 Å². The highest BCUT2D eigenvalue weighted by atomic mass is 32.1. The number of H-pyrrole nitrogens is 1. The molecule has 120 valence electrons. The molecule has 0 saturated heterocycles. The maximum Gasteiger partial charge on any atom is 0.291 e. The molecule has 0 bridgehead atoms. The van der Waals surface area contributed by atoms with Crippen LogP contribution >= 0.6 is 11.3 Å². The third-order valence-corrected chi connectivity index (χ3v) is 4.13. The van der Waals surface area contributed by atoms with Gasteiger partial charge in [-0.1, -0.05) is 42.5 Å². The summed E-state index contributed by atoms with van der Waals surface area (Å²) in [4.78, 5) is 13.1. The van der Waals surface area contributed by atoms with E-state index in [9.17, 15) is 4.79 Å². The minimum absolute atomic E-state index is 0.306. The number of aromatic amines is 1. The van der Waals surface area contributed by atoms with Gasteiger partial charge in [0.15, 0.2) is 5.69 Å². The molecule has 0 aliphatic rings. The highest BCUT2D eigenvalue weighted by Gasteiger charge is 2.10. The van der Waals surface area contributed by atoms with E-state index in [1.54, 1.807) is 23.6 Å². The molecule has 6 heteroatoms. The molecule has 2 N–H and O–H groups in total. The zero-order valence-corrected chi connectivity index (χ0v) is 13.9. The number of aromatic nitrogens is 2. The summed E-state index contributed by atoms with van der Waals surface area (Å²) in [6.07, 6.45) is 3.59. The van der Waals surface area contributed by atoms with E-state index in [2.05, 4.69) is 20.7 Å². The highest BCUT2D eigenvalue weighted by Crippen LogP contribution is 2.22. The lowest BCUT2D eigenvalue weighted by atomic mass is 10.1. The summed E-state index contributed by atoms with van der Waals surface area (Å²) < 4.78 is 0. The van der Waals surface area contributed by atoms with E-state index in [0.717, 1.165) is 21.7 Å². The Morgan fingerprint density at radius 1 is 1.25 bits per heavy atom. The number of rotatable bonds is 5. The van der Waals surface area contributed by atoms with Crippen LogP contribution < -0.4 is 5.43 Å². The number of carbonyl (C=O) groups is 1. The predicted octanol–water partition coefficient (Wildman–Crippen LogP) is 3.96. The summed E-state index contributed by atoms with van der Waals surface area (Å²) in [6, 6.07) is 15.6. The van der Waals surface area contributed by atoms with Gasteiger partial charge in [-0.15, -0.1) is 11.3 Å². The molecule has 2 heterocycles. The van der Waals surface area contributed by atoms with E-state index in [1.165, 1.54) is 0 Å². The lowest BCUT2D eigenvalue weighted by Gasteiger charge is -1.96. The van der Waals surface area contributed by atoms with Gasteiger partial charge in [-0.2, -0.15) is 10.2 Å². The minimum atomic E-state index is -0.349. The van der Waals surface area contributed by atoms with Crippen molar-refractivity contribution >= 4 is 29.5 Å². The first-order valence-electron chi connectivity index (χ1n) is 7.38. The van der Waals surface area contributed by atoms with Gasteiger partial charge >= 0.3 is 0 Å². The van der Waals surface area contributed by atoms with Crippen molar-refractivity contribution in [3.63, 3.8) is 0 Å². The number of hydrogen-bond donors (Lipinski definition) is 2. The van der Waals surface area contributed by atoms with Crippen LogP contribution in [0.1, 0.15) is 23.0 Å². The Balaban J connectivity index is 1.60. The molecule has 3 aromatic rings.